The number of aromatic nitrogens is 3. The lowest BCUT2D eigenvalue weighted by Crippen LogP contribution is -2.37. The molecule has 0 aliphatic carbocycles. The van der Waals surface area contributed by atoms with Gasteiger partial charge in [-0.1, -0.05) is 18.2 Å². The second-order valence-corrected chi connectivity index (χ2v) is 9.32. The number of aryl methyl sites for hydroxylation is 1. The fraction of sp³-hybridized carbons (Fsp3) is 0.154. The summed E-state index contributed by atoms with van der Waals surface area (Å²) in [6.07, 6.45) is 0. The maximum absolute atomic E-state index is 13.6. The molecule has 0 unspecified atom stereocenters. The highest BCUT2D eigenvalue weighted by atomic mass is 32.1. The number of para-hydroxylation sites is 2. The van der Waals surface area contributed by atoms with Crippen molar-refractivity contribution in [2.45, 2.75) is 6.04 Å². The molecule has 1 atom stereocenters. The zero-order chi connectivity index (χ0) is 23.6. The van der Waals surface area contributed by atoms with E-state index in [4.69, 9.17) is 4.74 Å². The number of fused-ring (bicyclic) bond motifs is 5. The second kappa shape index (κ2) is 7.50. The van der Waals surface area contributed by atoms with E-state index in [-0.39, 0.29) is 17.3 Å². The highest BCUT2D eigenvalue weighted by molar-refractivity contribution is 7.10. The minimum atomic E-state index is -0.351. The van der Waals surface area contributed by atoms with Gasteiger partial charge in [0.15, 0.2) is 0 Å². The van der Waals surface area contributed by atoms with Gasteiger partial charge in [-0.15, -0.1) is 11.3 Å². The third kappa shape index (κ3) is 2.75. The van der Waals surface area contributed by atoms with E-state index in [1.54, 1.807) is 30.1 Å². The Morgan fingerprint density at radius 3 is 2.41 bits per heavy atom. The maximum Gasteiger partial charge on any atom is 0.331 e. The lowest BCUT2D eigenvalue weighted by molar-refractivity contribution is 0.415. The first-order valence-corrected chi connectivity index (χ1v) is 11.8. The second-order valence-electron chi connectivity index (χ2n) is 8.34. The number of methoxy groups -OCH3 is 1. The third-order valence-corrected chi connectivity index (χ3v) is 7.46. The molecule has 1 N–H and O–H groups in total. The largest absolute Gasteiger partial charge is 0.497 e. The fourth-order valence-corrected chi connectivity index (χ4v) is 5.69. The van der Waals surface area contributed by atoms with Crippen molar-refractivity contribution in [3.05, 3.63) is 97.5 Å². The number of benzene rings is 2. The van der Waals surface area contributed by atoms with Gasteiger partial charge in [-0.05, 0) is 53.4 Å². The van der Waals surface area contributed by atoms with Gasteiger partial charge in [0.25, 0.3) is 5.56 Å². The molecule has 0 spiro atoms. The predicted octanol–water partition coefficient (Wildman–Crippen LogP) is 4.28. The molecule has 7 nitrogen and oxygen atoms in total. The molecule has 170 valence electrons. The standard InChI is InChI=1S/C26H22N4O3S/c1-28-23-20(25(31)29(2)26(28)32)22(15-10-12-16(33-3)13-11-15)30-18-8-5-4-7-17(18)27-21(24(23)30)19-9-6-14-34-19/h4-14,21,27H,1-3H3/t21-/m1/s1. The van der Waals surface area contributed by atoms with Crippen LogP contribution in [0.2, 0.25) is 0 Å². The molecule has 2 aromatic carbocycles. The van der Waals surface area contributed by atoms with Crippen LogP contribution in [-0.4, -0.2) is 20.8 Å². The first-order valence-electron chi connectivity index (χ1n) is 10.9. The van der Waals surface area contributed by atoms with Gasteiger partial charge in [-0.3, -0.25) is 13.9 Å². The first-order chi connectivity index (χ1) is 16.5. The quantitative estimate of drug-likeness (QED) is 0.427. The number of hydrogen-bond acceptors (Lipinski definition) is 5. The van der Waals surface area contributed by atoms with Crippen molar-refractivity contribution < 1.29 is 4.74 Å². The molecular formula is C26H22N4O3S. The zero-order valence-corrected chi connectivity index (χ0v) is 19.7. The molecule has 1 aliphatic heterocycles. The average molecular weight is 471 g/mol. The van der Waals surface area contributed by atoms with Gasteiger partial charge in [0, 0.05) is 19.0 Å². The molecule has 4 heterocycles. The van der Waals surface area contributed by atoms with E-state index in [2.05, 4.69) is 16.0 Å². The van der Waals surface area contributed by atoms with Crippen molar-refractivity contribution in [2.75, 3.05) is 12.4 Å². The summed E-state index contributed by atoms with van der Waals surface area (Å²) in [5, 5.41) is 6.21. The van der Waals surface area contributed by atoms with Crippen LogP contribution in [-0.2, 0) is 14.1 Å². The van der Waals surface area contributed by atoms with Crippen molar-refractivity contribution in [1.29, 1.82) is 0 Å². The Kier molecular flexibility index (Phi) is 4.53. The normalized spacial score (nSPS) is 14.5. The topological polar surface area (TPSA) is 70.2 Å². The Morgan fingerprint density at radius 2 is 1.71 bits per heavy atom. The number of hydrogen-bond donors (Lipinski definition) is 1. The van der Waals surface area contributed by atoms with Crippen molar-refractivity contribution >= 4 is 27.9 Å². The molecule has 0 radical (unpaired) electrons. The van der Waals surface area contributed by atoms with Crippen molar-refractivity contribution in [1.82, 2.24) is 13.7 Å². The van der Waals surface area contributed by atoms with E-state index in [1.807, 2.05) is 60.0 Å². The summed E-state index contributed by atoms with van der Waals surface area (Å²) >= 11 is 1.64. The molecule has 3 aromatic heterocycles. The average Bonchev–Trinajstić information content (AvgIpc) is 3.53. The zero-order valence-electron chi connectivity index (χ0n) is 18.9. The SMILES string of the molecule is COc1ccc(-c2c3c(=O)n(C)c(=O)n(C)c3c3n2-c2ccccc2N[C@@H]3c2cccs2)cc1. The third-order valence-electron chi connectivity index (χ3n) is 6.52. The Morgan fingerprint density at radius 1 is 0.941 bits per heavy atom. The summed E-state index contributed by atoms with van der Waals surface area (Å²) < 4.78 is 10.3. The number of nitrogens with zero attached hydrogens (tertiary/aromatic N) is 3. The Balaban J connectivity index is 1.85. The Hall–Kier alpha value is -4.04. The molecular weight excluding hydrogens is 448 g/mol. The number of nitrogens with one attached hydrogen (secondary N) is 1. The van der Waals surface area contributed by atoms with Crippen LogP contribution in [0.1, 0.15) is 16.6 Å². The summed E-state index contributed by atoms with van der Waals surface area (Å²) in [4.78, 5) is 27.8. The minimum Gasteiger partial charge on any atom is -0.497 e. The molecule has 0 fully saturated rings. The highest BCUT2D eigenvalue weighted by Crippen LogP contribution is 2.46. The van der Waals surface area contributed by atoms with Crippen LogP contribution in [0.3, 0.4) is 0 Å². The maximum atomic E-state index is 13.6. The van der Waals surface area contributed by atoms with Crippen LogP contribution in [0.4, 0.5) is 5.69 Å². The van der Waals surface area contributed by atoms with E-state index in [0.29, 0.717) is 10.9 Å². The number of rotatable bonds is 3. The van der Waals surface area contributed by atoms with Crippen molar-refractivity contribution in [2.24, 2.45) is 14.1 Å². The van der Waals surface area contributed by atoms with E-state index >= 15 is 0 Å². The van der Waals surface area contributed by atoms with Gasteiger partial charge >= 0.3 is 5.69 Å². The summed E-state index contributed by atoms with van der Waals surface area (Å²) in [7, 11) is 4.89. The lowest BCUT2D eigenvalue weighted by atomic mass is 10.1. The number of thiophene rings is 1. The molecule has 0 amide bonds. The van der Waals surface area contributed by atoms with Gasteiger partial charge in [-0.25, -0.2) is 4.79 Å². The number of ether oxygens (including phenoxy) is 1. The summed E-state index contributed by atoms with van der Waals surface area (Å²) in [5.41, 5.74) is 4.38. The lowest BCUT2D eigenvalue weighted by Gasteiger charge is -2.30. The van der Waals surface area contributed by atoms with Gasteiger partial charge in [0.2, 0.25) is 0 Å². The molecule has 0 saturated heterocycles. The van der Waals surface area contributed by atoms with Crippen LogP contribution >= 0.6 is 11.3 Å². The molecule has 1 aliphatic rings. The molecule has 6 rings (SSSR count). The molecule has 0 saturated carbocycles. The van der Waals surface area contributed by atoms with E-state index in [9.17, 15) is 9.59 Å². The van der Waals surface area contributed by atoms with Crippen LogP contribution < -0.4 is 21.3 Å². The van der Waals surface area contributed by atoms with Gasteiger partial charge in [-0.2, -0.15) is 0 Å². The van der Waals surface area contributed by atoms with E-state index < -0.39 is 0 Å². The summed E-state index contributed by atoms with van der Waals surface area (Å²) in [6.45, 7) is 0. The predicted molar refractivity (Wildman–Crippen MR) is 136 cm³/mol. The highest BCUT2D eigenvalue weighted by Gasteiger charge is 2.35. The fourth-order valence-electron chi connectivity index (χ4n) is 4.91. The van der Waals surface area contributed by atoms with E-state index in [0.717, 1.165) is 39.0 Å². The van der Waals surface area contributed by atoms with Crippen molar-refractivity contribution in [3.8, 4) is 22.7 Å². The summed E-state index contributed by atoms with van der Waals surface area (Å²) in [5.74, 6) is 0.734. The van der Waals surface area contributed by atoms with Crippen LogP contribution in [0.5, 0.6) is 5.75 Å². The van der Waals surface area contributed by atoms with Crippen LogP contribution in [0.25, 0.3) is 27.8 Å². The number of anilines is 1. The molecule has 0 bridgehead atoms. The minimum absolute atomic E-state index is 0.220. The van der Waals surface area contributed by atoms with Gasteiger partial charge in [0.1, 0.15) is 11.8 Å². The van der Waals surface area contributed by atoms with Gasteiger partial charge < -0.3 is 14.6 Å². The molecule has 34 heavy (non-hydrogen) atoms. The smallest absolute Gasteiger partial charge is 0.331 e. The first kappa shape index (κ1) is 20.6. The molecule has 8 heteroatoms. The van der Waals surface area contributed by atoms with E-state index in [1.165, 1.54) is 11.6 Å². The van der Waals surface area contributed by atoms with Crippen LogP contribution in [0, 0.1) is 0 Å². The Labute approximate surface area is 199 Å². The van der Waals surface area contributed by atoms with Crippen LogP contribution in [0.15, 0.2) is 75.6 Å². The molecule has 5 aromatic rings. The summed E-state index contributed by atoms with van der Waals surface area (Å²) in [6, 6.07) is 19.6. The van der Waals surface area contributed by atoms with Gasteiger partial charge in [0.05, 0.1) is 40.8 Å². The Bertz CT molecular complexity index is 1670. The van der Waals surface area contributed by atoms with Crippen molar-refractivity contribution in [3.63, 3.8) is 0 Å². The monoisotopic (exact) mass is 470 g/mol.